The van der Waals surface area contributed by atoms with E-state index in [4.69, 9.17) is 9.47 Å². The van der Waals surface area contributed by atoms with Gasteiger partial charge in [-0.15, -0.1) is 0 Å². The third kappa shape index (κ3) is 25.4. The van der Waals surface area contributed by atoms with E-state index in [1.165, 1.54) is 77.0 Å². The lowest BCUT2D eigenvalue weighted by molar-refractivity contribution is -0.162. The Hall–Kier alpha value is -1.06. The Morgan fingerprint density at radius 3 is 0.976 bits per heavy atom. The quantitative estimate of drug-likeness (QED) is 0.0779. The fourth-order valence-electron chi connectivity index (χ4n) is 5.49. The number of unbranched alkanes of at least 4 members (excludes halogenated alkanes) is 12. The molecule has 0 N–H and O–H groups in total. The molecule has 2 unspecified atom stereocenters. The number of carbonyl (C=O) groups is 2. The van der Waals surface area contributed by atoms with Crippen LogP contribution >= 0.6 is 0 Å². The van der Waals surface area contributed by atoms with Crippen LogP contribution in [0.2, 0.25) is 0 Å². The van der Waals surface area contributed by atoms with Crippen molar-refractivity contribution in [3.63, 3.8) is 0 Å². The molecule has 0 radical (unpaired) electrons. The van der Waals surface area contributed by atoms with Crippen LogP contribution in [0.4, 0.5) is 0 Å². The van der Waals surface area contributed by atoms with Gasteiger partial charge in [-0.2, -0.15) is 0 Å². The molecule has 4 heteroatoms. The third-order valence-electron chi connectivity index (χ3n) is 8.09. The second-order valence-corrected chi connectivity index (χ2v) is 16.4. The van der Waals surface area contributed by atoms with Crippen molar-refractivity contribution < 1.29 is 19.1 Å². The Bertz CT molecular complexity index is 610. The zero-order valence-electron chi connectivity index (χ0n) is 30.1. The Balaban J connectivity index is 4.93. The molecule has 0 rings (SSSR count). The van der Waals surface area contributed by atoms with Crippen molar-refractivity contribution in [3.8, 4) is 0 Å². The first kappa shape index (κ1) is 40.9. The van der Waals surface area contributed by atoms with Gasteiger partial charge in [-0.05, 0) is 48.3 Å². The van der Waals surface area contributed by atoms with Gasteiger partial charge in [0, 0.05) is 0 Å². The molecule has 250 valence electrons. The standard InChI is InChI=1S/C38H74O4/c1-31(2)29-41-35(39)33(25-21-17-13-11-15-19-23-27-37(5,6)7)34(36(40)42-30-32(3)4)26-22-18-14-12-16-20-24-28-38(8,9)10/h31-34H,11-30H2,1-10H3. The zero-order chi connectivity index (χ0) is 32.0. The highest BCUT2D eigenvalue weighted by molar-refractivity contribution is 5.82. The fourth-order valence-corrected chi connectivity index (χ4v) is 5.49. The summed E-state index contributed by atoms with van der Waals surface area (Å²) in [5.74, 6) is -0.627. The smallest absolute Gasteiger partial charge is 0.309 e. The molecule has 0 aromatic rings. The van der Waals surface area contributed by atoms with Crippen molar-refractivity contribution in [1.82, 2.24) is 0 Å². The molecule has 0 fully saturated rings. The molecule has 0 aliphatic rings. The summed E-state index contributed by atoms with van der Waals surface area (Å²) in [6.45, 7) is 22.9. The first-order valence-electron chi connectivity index (χ1n) is 18.0. The average Bonchev–Trinajstić information content (AvgIpc) is 2.87. The first-order valence-corrected chi connectivity index (χ1v) is 18.0. The molecule has 0 aliphatic carbocycles. The van der Waals surface area contributed by atoms with Crippen molar-refractivity contribution >= 4 is 11.9 Å². The molecular formula is C38H74O4. The van der Waals surface area contributed by atoms with Crippen LogP contribution < -0.4 is 0 Å². The van der Waals surface area contributed by atoms with Crippen LogP contribution in [0.15, 0.2) is 0 Å². The maximum absolute atomic E-state index is 13.3. The minimum Gasteiger partial charge on any atom is -0.465 e. The Kier molecular flexibility index (Phi) is 22.7. The molecular weight excluding hydrogens is 520 g/mol. The maximum atomic E-state index is 13.3. The number of ether oxygens (including phenoxy) is 2. The molecule has 0 aromatic carbocycles. The van der Waals surface area contributed by atoms with Crippen LogP contribution in [-0.4, -0.2) is 25.2 Å². The molecule has 0 aliphatic heterocycles. The highest BCUT2D eigenvalue weighted by Gasteiger charge is 2.35. The summed E-state index contributed by atoms with van der Waals surface area (Å²) >= 11 is 0. The molecule has 0 amide bonds. The van der Waals surface area contributed by atoms with Crippen LogP contribution in [0.25, 0.3) is 0 Å². The Morgan fingerprint density at radius 1 is 0.452 bits per heavy atom. The average molecular weight is 595 g/mol. The monoisotopic (exact) mass is 595 g/mol. The lowest BCUT2D eigenvalue weighted by atomic mass is 9.83. The largest absolute Gasteiger partial charge is 0.465 e. The number of hydrogen-bond acceptors (Lipinski definition) is 4. The van der Waals surface area contributed by atoms with Crippen molar-refractivity contribution in [3.05, 3.63) is 0 Å². The normalized spacial score (nSPS) is 13.9. The van der Waals surface area contributed by atoms with Crippen molar-refractivity contribution in [1.29, 1.82) is 0 Å². The minimum absolute atomic E-state index is 0.198. The molecule has 0 heterocycles. The molecule has 0 saturated carbocycles. The molecule has 42 heavy (non-hydrogen) atoms. The number of esters is 2. The maximum Gasteiger partial charge on any atom is 0.309 e. The summed E-state index contributed by atoms with van der Waals surface area (Å²) < 4.78 is 11.5. The van der Waals surface area contributed by atoms with Crippen LogP contribution in [0.1, 0.15) is 185 Å². The Morgan fingerprint density at radius 2 is 0.714 bits per heavy atom. The summed E-state index contributed by atoms with van der Waals surface area (Å²) in [6, 6.07) is 0. The summed E-state index contributed by atoms with van der Waals surface area (Å²) in [5.41, 5.74) is 0.857. The topological polar surface area (TPSA) is 52.6 Å². The molecule has 4 nitrogen and oxygen atoms in total. The van der Waals surface area contributed by atoms with Crippen molar-refractivity contribution in [2.24, 2.45) is 34.5 Å². The van der Waals surface area contributed by atoms with Gasteiger partial charge in [0.25, 0.3) is 0 Å². The molecule has 0 saturated heterocycles. The van der Waals surface area contributed by atoms with E-state index in [1.54, 1.807) is 0 Å². The summed E-state index contributed by atoms with van der Waals surface area (Å²) in [5, 5.41) is 0. The van der Waals surface area contributed by atoms with Gasteiger partial charge in [-0.1, -0.05) is 159 Å². The van der Waals surface area contributed by atoms with Crippen LogP contribution in [0, 0.1) is 34.5 Å². The number of rotatable bonds is 25. The van der Waals surface area contributed by atoms with Crippen molar-refractivity contribution in [2.75, 3.05) is 13.2 Å². The SMILES string of the molecule is CC(C)COC(=O)C(CCCCCCCCCC(C)(C)C)C(CCCCCCCCCC(C)(C)C)C(=O)OCC(C)C. The van der Waals surface area contributed by atoms with Gasteiger partial charge in [0.2, 0.25) is 0 Å². The first-order chi connectivity index (χ1) is 19.6. The van der Waals surface area contributed by atoms with E-state index in [-0.39, 0.29) is 23.8 Å². The molecule has 0 aromatic heterocycles. The predicted molar refractivity (Wildman–Crippen MR) is 181 cm³/mol. The predicted octanol–water partition coefficient (Wildman–Crippen LogP) is 11.7. The van der Waals surface area contributed by atoms with Gasteiger partial charge in [0.15, 0.2) is 0 Å². The van der Waals surface area contributed by atoms with E-state index >= 15 is 0 Å². The molecule has 0 spiro atoms. The van der Waals surface area contributed by atoms with E-state index in [9.17, 15) is 9.59 Å². The van der Waals surface area contributed by atoms with Gasteiger partial charge in [-0.25, -0.2) is 0 Å². The van der Waals surface area contributed by atoms with Crippen molar-refractivity contribution in [2.45, 2.75) is 185 Å². The van der Waals surface area contributed by atoms with Crippen LogP contribution in [-0.2, 0) is 19.1 Å². The lowest BCUT2D eigenvalue weighted by Crippen LogP contribution is -2.34. The molecule has 0 bridgehead atoms. The van der Waals surface area contributed by atoms with E-state index in [2.05, 4.69) is 69.2 Å². The van der Waals surface area contributed by atoms with E-state index in [1.807, 2.05) is 0 Å². The highest BCUT2D eigenvalue weighted by Crippen LogP contribution is 2.29. The van der Waals surface area contributed by atoms with Gasteiger partial charge < -0.3 is 9.47 Å². The van der Waals surface area contributed by atoms with Gasteiger partial charge in [0.1, 0.15) is 0 Å². The summed E-state index contributed by atoms with van der Waals surface area (Å²) in [6.07, 6.45) is 20.9. The second kappa shape index (κ2) is 23.3. The number of carbonyl (C=O) groups excluding carboxylic acids is 2. The third-order valence-corrected chi connectivity index (χ3v) is 8.09. The number of hydrogen-bond donors (Lipinski definition) is 0. The van der Waals surface area contributed by atoms with Gasteiger partial charge >= 0.3 is 11.9 Å². The molecule has 2 atom stereocenters. The zero-order valence-corrected chi connectivity index (χ0v) is 30.1. The van der Waals surface area contributed by atoms with Crippen LogP contribution in [0.3, 0.4) is 0 Å². The van der Waals surface area contributed by atoms with Gasteiger partial charge in [0.05, 0.1) is 25.0 Å². The fraction of sp³-hybridized carbons (Fsp3) is 0.947. The minimum atomic E-state index is -0.396. The highest BCUT2D eigenvalue weighted by atomic mass is 16.5. The summed E-state index contributed by atoms with van der Waals surface area (Å²) in [4.78, 5) is 26.7. The van der Waals surface area contributed by atoms with Crippen LogP contribution in [0.5, 0.6) is 0 Å². The van der Waals surface area contributed by atoms with E-state index in [0.29, 0.717) is 24.0 Å². The van der Waals surface area contributed by atoms with E-state index < -0.39 is 11.8 Å². The lowest BCUT2D eigenvalue weighted by Gasteiger charge is -2.25. The van der Waals surface area contributed by atoms with E-state index in [0.717, 1.165) is 38.5 Å². The van der Waals surface area contributed by atoms with Gasteiger partial charge in [-0.3, -0.25) is 9.59 Å². The summed E-state index contributed by atoms with van der Waals surface area (Å²) in [7, 11) is 0. The second-order valence-electron chi connectivity index (χ2n) is 16.4. The Labute approximate surface area is 263 Å².